The van der Waals surface area contributed by atoms with Crippen LogP contribution in [0, 0.1) is 11.3 Å². The smallest absolute Gasteiger partial charge is 0.223 e. The van der Waals surface area contributed by atoms with Gasteiger partial charge in [-0.25, -0.2) is 15.0 Å². The van der Waals surface area contributed by atoms with E-state index in [0.29, 0.717) is 29.4 Å². The largest absolute Gasteiger partial charge is 0.393 e. The van der Waals surface area contributed by atoms with Crippen LogP contribution < -0.4 is 10.6 Å². The van der Waals surface area contributed by atoms with Gasteiger partial charge in [0.2, 0.25) is 5.95 Å². The van der Waals surface area contributed by atoms with Gasteiger partial charge in [-0.1, -0.05) is 0 Å². The molecule has 7 nitrogen and oxygen atoms in total. The van der Waals surface area contributed by atoms with Crippen LogP contribution in [0.15, 0.2) is 12.3 Å². The Balaban J connectivity index is 1.95. The zero-order valence-electron chi connectivity index (χ0n) is 13.2. The summed E-state index contributed by atoms with van der Waals surface area (Å²) >= 11 is 0. The van der Waals surface area contributed by atoms with Gasteiger partial charge >= 0.3 is 0 Å². The molecule has 0 spiro atoms. The molecule has 1 aliphatic rings. The molecule has 7 heteroatoms. The quantitative estimate of drug-likeness (QED) is 0.793. The molecule has 2 aromatic heterocycles. The van der Waals surface area contributed by atoms with Crippen LogP contribution >= 0.6 is 0 Å². The summed E-state index contributed by atoms with van der Waals surface area (Å²) in [5, 5.41) is 26.0. The fourth-order valence-corrected chi connectivity index (χ4v) is 2.81. The van der Waals surface area contributed by atoms with Crippen LogP contribution in [0.1, 0.15) is 38.8 Å². The standard InChI is InChI=1S/C16H20N6O/c1-9(2)19-15-14-10(5-12(7-17)20-15)8-18-16(22-14)21-11-3-4-13(23)6-11/h5,8-9,11,13,23H,3-4,6H2,1-2H3,(H,19,20)(H,18,21,22)/t11-,13-/m0/s1. The number of anilines is 2. The second kappa shape index (κ2) is 6.34. The number of aliphatic hydroxyl groups excluding tert-OH is 1. The van der Waals surface area contributed by atoms with Gasteiger partial charge in [0.15, 0.2) is 5.82 Å². The molecule has 0 radical (unpaired) electrons. The highest BCUT2D eigenvalue weighted by Crippen LogP contribution is 2.25. The molecule has 0 aliphatic heterocycles. The van der Waals surface area contributed by atoms with Crippen LogP contribution in [0.2, 0.25) is 0 Å². The molecule has 23 heavy (non-hydrogen) atoms. The minimum atomic E-state index is -0.244. The lowest BCUT2D eigenvalue weighted by atomic mass is 10.2. The van der Waals surface area contributed by atoms with Crippen molar-refractivity contribution in [3.8, 4) is 6.07 Å². The second-order valence-electron chi connectivity index (χ2n) is 6.21. The highest BCUT2D eigenvalue weighted by molar-refractivity contribution is 5.89. The average molecular weight is 312 g/mol. The topological polar surface area (TPSA) is 107 Å². The maximum absolute atomic E-state index is 9.62. The number of aliphatic hydroxyl groups is 1. The molecule has 120 valence electrons. The molecule has 0 saturated heterocycles. The summed E-state index contributed by atoms with van der Waals surface area (Å²) in [6.07, 6.45) is 3.88. The van der Waals surface area contributed by atoms with Crippen molar-refractivity contribution in [1.29, 1.82) is 5.26 Å². The Hall–Kier alpha value is -2.46. The summed E-state index contributed by atoms with van der Waals surface area (Å²) in [6, 6.07) is 4.11. The van der Waals surface area contributed by atoms with Gasteiger partial charge in [-0.05, 0) is 39.2 Å². The second-order valence-corrected chi connectivity index (χ2v) is 6.21. The molecule has 2 heterocycles. The molecule has 1 aliphatic carbocycles. The van der Waals surface area contributed by atoms with Crippen LogP contribution in [0.25, 0.3) is 10.9 Å². The predicted octanol–water partition coefficient (Wildman–Crippen LogP) is 2.04. The summed E-state index contributed by atoms with van der Waals surface area (Å²) in [5.74, 6) is 1.11. The van der Waals surface area contributed by atoms with Gasteiger partial charge in [0.05, 0.1) is 6.10 Å². The molecule has 1 fully saturated rings. The van der Waals surface area contributed by atoms with E-state index in [-0.39, 0.29) is 18.2 Å². The fraction of sp³-hybridized carbons (Fsp3) is 0.500. The molecule has 1 saturated carbocycles. The van der Waals surface area contributed by atoms with Crippen LogP contribution in [0.4, 0.5) is 11.8 Å². The summed E-state index contributed by atoms with van der Waals surface area (Å²) in [5.41, 5.74) is 1.03. The van der Waals surface area contributed by atoms with Crippen molar-refractivity contribution >= 4 is 22.7 Å². The van der Waals surface area contributed by atoms with Gasteiger partial charge in [0.25, 0.3) is 0 Å². The highest BCUT2D eigenvalue weighted by Gasteiger charge is 2.23. The van der Waals surface area contributed by atoms with Crippen molar-refractivity contribution in [2.75, 3.05) is 10.6 Å². The molecule has 2 aromatic rings. The first-order chi connectivity index (χ1) is 11.0. The van der Waals surface area contributed by atoms with Crippen LogP contribution in [-0.2, 0) is 0 Å². The molecule has 0 unspecified atom stereocenters. The number of nitriles is 1. The third kappa shape index (κ3) is 3.48. The van der Waals surface area contributed by atoms with E-state index in [4.69, 9.17) is 5.26 Å². The number of aromatic nitrogens is 3. The van der Waals surface area contributed by atoms with Gasteiger partial charge < -0.3 is 15.7 Å². The van der Waals surface area contributed by atoms with E-state index in [0.717, 1.165) is 18.2 Å². The van der Waals surface area contributed by atoms with Gasteiger partial charge in [-0.3, -0.25) is 0 Å². The van der Waals surface area contributed by atoms with Crippen LogP contribution in [0.5, 0.6) is 0 Å². The molecule has 0 amide bonds. The molecule has 0 aromatic carbocycles. The molecule has 0 bridgehead atoms. The number of rotatable bonds is 4. The first kappa shape index (κ1) is 15.4. The number of pyridine rings is 1. The van der Waals surface area contributed by atoms with Gasteiger partial charge in [0, 0.05) is 23.7 Å². The highest BCUT2D eigenvalue weighted by atomic mass is 16.3. The molecule has 2 atom stereocenters. The third-order valence-electron chi connectivity index (χ3n) is 3.84. The Labute approximate surface area is 134 Å². The summed E-state index contributed by atoms with van der Waals surface area (Å²) in [4.78, 5) is 13.2. The van der Waals surface area contributed by atoms with E-state index in [1.54, 1.807) is 12.3 Å². The van der Waals surface area contributed by atoms with E-state index >= 15 is 0 Å². The number of fused-ring (bicyclic) bond motifs is 1. The van der Waals surface area contributed by atoms with Crippen molar-refractivity contribution in [1.82, 2.24) is 15.0 Å². The van der Waals surface area contributed by atoms with E-state index in [1.165, 1.54) is 0 Å². The van der Waals surface area contributed by atoms with Crippen molar-refractivity contribution in [2.24, 2.45) is 0 Å². The Kier molecular flexibility index (Phi) is 4.26. The summed E-state index contributed by atoms with van der Waals surface area (Å²) in [7, 11) is 0. The van der Waals surface area contributed by atoms with Crippen molar-refractivity contribution < 1.29 is 5.11 Å². The molecule has 3 N–H and O–H groups in total. The zero-order valence-corrected chi connectivity index (χ0v) is 13.2. The predicted molar refractivity (Wildman–Crippen MR) is 88.1 cm³/mol. The Morgan fingerprint density at radius 1 is 1.35 bits per heavy atom. The lowest BCUT2D eigenvalue weighted by Gasteiger charge is -2.14. The maximum Gasteiger partial charge on any atom is 0.223 e. The summed E-state index contributed by atoms with van der Waals surface area (Å²) < 4.78 is 0. The average Bonchev–Trinajstić information content (AvgIpc) is 2.92. The van der Waals surface area contributed by atoms with Gasteiger partial charge in [0.1, 0.15) is 17.3 Å². The van der Waals surface area contributed by atoms with E-state index in [1.807, 2.05) is 13.8 Å². The zero-order chi connectivity index (χ0) is 16.4. The first-order valence-electron chi connectivity index (χ1n) is 7.84. The Bertz CT molecular complexity index is 754. The lowest BCUT2D eigenvalue weighted by Crippen LogP contribution is -2.18. The molecular weight excluding hydrogens is 292 g/mol. The minimum Gasteiger partial charge on any atom is -0.393 e. The number of nitrogens with one attached hydrogen (secondary N) is 2. The number of hydrogen-bond acceptors (Lipinski definition) is 7. The SMILES string of the molecule is CC(C)Nc1nc(C#N)cc2cnc(N[C@H]3CC[C@H](O)C3)nc12. The first-order valence-corrected chi connectivity index (χ1v) is 7.84. The van der Waals surface area contributed by atoms with Crippen LogP contribution in [0.3, 0.4) is 0 Å². The van der Waals surface area contributed by atoms with Gasteiger partial charge in [-0.15, -0.1) is 0 Å². The fourth-order valence-electron chi connectivity index (χ4n) is 2.81. The van der Waals surface area contributed by atoms with Crippen molar-refractivity contribution in [3.63, 3.8) is 0 Å². The monoisotopic (exact) mass is 312 g/mol. The normalized spacial score (nSPS) is 20.7. The van der Waals surface area contributed by atoms with Gasteiger partial charge in [-0.2, -0.15) is 5.26 Å². The Morgan fingerprint density at radius 2 is 2.17 bits per heavy atom. The van der Waals surface area contributed by atoms with E-state index in [9.17, 15) is 5.11 Å². The van der Waals surface area contributed by atoms with E-state index in [2.05, 4.69) is 31.7 Å². The third-order valence-corrected chi connectivity index (χ3v) is 3.84. The maximum atomic E-state index is 9.62. The van der Waals surface area contributed by atoms with Crippen molar-refractivity contribution in [2.45, 2.75) is 51.3 Å². The van der Waals surface area contributed by atoms with E-state index < -0.39 is 0 Å². The van der Waals surface area contributed by atoms with Crippen LogP contribution in [-0.4, -0.2) is 38.2 Å². The lowest BCUT2D eigenvalue weighted by molar-refractivity contribution is 0.182. The van der Waals surface area contributed by atoms with Crippen molar-refractivity contribution in [3.05, 3.63) is 18.0 Å². The number of nitrogens with zero attached hydrogens (tertiary/aromatic N) is 4. The summed E-state index contributed by atoms with van der Waals surface area (Å²) in [6.45, 7) is 4.01. The molecular formula is C16H20N6O. The molecule has 3 rings (SSSR count). The number of hydrogen-bond donors (Lipinski definition) is 3. The Morgan fingerprint density at radius 3 is 2.83 bits per heavy atom. The minimum absolute atomic E-state index is 0.177.